The van der Waals surface area contributed by atoms with Gasteiger partial charge in [0.1, 0.15) is 0 Å². The van der Waals surface area contributed by atoms with E-state index in [1.54, 1.807) is 0 Å². The van der Waals surface area contributed by atoms with Crippen LogP contribution in [-0.4, -0.2) is 44.8 Å². The van der Waals surface area contributed by atoms with E-state index in [4.69, 9.17) is 0 Å². The zero-order valence-electron chi connectivity index (χ0n) is 12.5. The first-order valence-electron chi connectivity index (χ1n) is 7.77. The predicted molar refractivity (Wildman–Crippen MR) is 85.2 cm³/mol. The zero-order valence-corrected chi connectivity index (χ0v) is 13.3. The van der Waals surface area contributed by atoms with Crippen molar-refractivity contribution >= 4 is 11.3 Å². The average Bonchev–Trinajstić information content (AvgIpc) is 3.20. The van der Waals surface area contributed by atoms with Gasteiger partial charge >= 0.3 is 0 Å². The van der Waals surface area contributed by atoms with E-state index < -0.39 is 0 Å². The molecule has 0 bridgehead atoms. The van der Waals surface area contributed by atoms with Crippen molar-refractivity contribution < 1.29 is 0 Å². The second-order valence-electron chi connectivity index (χ2n) is 6.25. The number of likely N-dealkylation sites (tertiary alicyclic amines) is 2. The summed E-state index contributed by atoms with van der Waals surface area (Å²) in [7, 11) is 1.99. The van der Waals surface area contributed by atoms with Crippen molar-refractivity contribution in [3.8, 4) is 0 Å². The molecule has 2 aromatic heterocycles. The van der Waals surface area contributed by atoms with Gasteiger partial charge in [0.05, 0.1) is 6.20 Å². The normalized spacial score (nSPS) is 26.5. The minimum Gasteiger partial charge on any atom is -0.294 e. The van der Waals surface area contributed by atoms with Crippen LogP contribution in [0.1, 0.15) is 23.3 Å². The molecule has 0 saturated carbocycles. The Hall–Kier alpha value is -1.17. The number of aromatic nitrogens is 2. The van der Waals surface area contributed by atoms with Crippen molar-refractivity contribution in [1.82, 2.24) is 19.6 Å². The lowest BCUT2D eigenvalue weighted by atomic mass is 10.1. The number of hydrogen-bond acceptors (Lipinski definition) is 4. The number of aryl methyl sites for hydroxylation is 1. The summed E-state index contributed by atoms with van der Waals surface area (Å²) < 4.78 is 1.90. The highest BCUT2D eigenvalue weighted by atomic mass is 32.1. The van der Waals surface area contributed by atoms with E-state index in [1.165, 1.54) is 36.4 Å². The molecule has 0 amide bonds. The van der Waals surface area contributed by atoms with Crippen LogP contribution in [0, 0.1) is 0 Å². The Balaban J connectivity index is 1.41. The molecular weight excluding hydrogens is 280 g/mol. The molecule has 0 N–H and O–H groups in total. The molecule has 4 heterocycles. The monoisotopic (exact) mass is 302 g/mol. The Bertz CT molecular complexity index is 591. The molecule has 21 heavy (non-hydrogen) atoms. The van der Waals surface area contributed by atoms with Crippen LogP contribution in [0.3, 0.4) is 0 Å². The number of rotatable bonds is 4. The molecule has 2 aliphatic heterocycles. The van der Waals surface area contributed by atoms with Crippen LogP contribution < -0.4 is 0 Å². The van der Waals surface area contributed by atoms with Gasteiger partial charge < -0.3 is 0 Å². The van der Waals surface area contributed by atoms with Gasteiger partial charge in [0.25, 0.3) is 0 Å². The molecule has 2 saturated heterocycles. The van der Waals surface area contributed by atoms with Crippen molar-refractivity contribution in [1.29, 1.82) is 0 Å². The van der Waals surface area contributed by atoms with E-state index >= 15 is 0 Å². The number of thiophene rings is 1. The highest BCUT2D eigenvalue weighted by molar-refractivity contribution is 7.09. The molecule has 2 fully saturated rings. The van der Waals surface area contributed by atoms with Crippen LogP contribution in [0.4, 0.5) is 0 Å². The number of hydrogen-bond donors (Lipinski definition) is 0. The van der Waals surface area contributed by atoms with E-state index in [0.29, 0.717) is 0 Å². The van der Waals surface area contributed by atoms with Gasteiger partial charge in [-0.15, -0.1) is 11.3 Å². The minimum absolute atomic E-state index is 0.741. The summed E-state index contributed by atoms with van der Waals surface area (Å²) in [4.78, 5) is 6.86. The predicted octanol–water partition coefficient (Wildman–Crippen LogP) is 2.33. The van der Waals surface area contributed by atoms with Gasteiger partial charge in [-0.3, -0.25) is 14.5 Å². The summed E-state index contributed by atoms with van der Waals surface area (Å²) in [5.74, 6) is 0. The summed E-state index contributed by atoms with van der Waals surface area (Å²) in [6.45, 7) is 4.67. The van der Waals surface area contributed by atoms with Crippen molar-refractivity contribution in [2.75, 3.05) is 13.1 Å². The fourth-order valence-corrected chi connectivity index (χ4v) is 4.68. The van der Waals surface area contributed by atoms with Gasteiger partial charge in [-0.2, -0.15) is 5.10 Å². The molecule has 0 radical (unpaired) electrons. The third-order valence-electron chi connectivity index (χ3n) is 4.89. The van der Waals surface area contributed by atoms with Crippen molar-refractivity contribution in [3.63, 3.8) is 0 Å². The quantitative estimate of drug-likeness (QED) is 0.866. The molecule has 2 atom stereocenters. The van der Waals surface area contributed by atoms with E-state index in [9.17, 15) is 0 Å². The van der Waals surface area contributed by atoms with Gasteiger partial charge in [0, 0.05) is 61.9 Å². The molecule has 0 unspecified atom stereocenters. The molecule has 4 nitrogen and oxygen atoms in total. The summed E-state index contributed by atoms with van der Waals surface area (Å²) in [5.41, 5.74) is 1.34. The Kier molecular flexibility index (Phi) is 3.57. The lowest BCUT2D eigenvalue weighted by Crippen LogP contribution is -2.35. The van der Waals surface area contributed by atoms with E-state index in [-0.39, 0.29) is 0 Å². The first-order chi connectivity index (χ1) is 10.3. The Morgan fingerprint density at radius 3 is 2.57 bits per heavy atom. The molecule has 2 aromatic rings. The lowest BCUT2D eigenvalue weighted by Gasteiger charge is -2.25. The van der Waals surface area contributed by atoms with E-state index in [0.717, 1.165) is 25.2 Å². The molecule has 5 heteroatoms. The topological polar surface area (TPSA) is 24.3 Å². The Labute approximate surface area is 130 Å². The smallest absolute Gasteiger partial charge is 0.0534 e. The average molecular weight is 302 g/mol. The van der Waals surface area contributed by atoms with Crippen molar-refractivity contribution in [3.05, 3.63) is 40.3 Å². The summed E-state index contributed by atoms with van der Waals surface area (Å²) >= 11 is 1.88. The maximum atomic E-state index is 4.29. The Morgan fingerprint density at radius 2 is 1.95 bits per heavy atom. The molecule has 2 aliphatic rings. The van der Waals surface area contributed by atoms with Gasteiger partial charge in [0.2, 0.25) is 0 Å². The van der Waals surface area contributed by atoms with Crippen LogP contribution >= 0.6 is 11.3 Å². The van der Waals surface area contributed by atoms with Crippen LogP contribution in [0.5, 0.6) is 0 Å². The van der Waals surface area contributed by atoms with E-state index in [2.05, 4.69) is 38.6 Å². The molecule has 112 valence electrons. The molecule has 0 aromatic carbocycles. The number of fused-ring (bicyclic) bond motifs is 1. The molecule has 0 spiro atoms. The number of nitrogens with zero attached hydrogens (tertiary/aromatic N) is 4. The van der Waals surface area contributed by atoms with Crippen molar-refractivity contribution in [2.45, 2.75) is 38.0 Å². The Morgan fingerprint density at radius 1 is 1.19 bits per heavy atom. The van der Waals surface area contributed by atoms with Gasteiger partial charge in [0.15, 0.2) is 0 Å². The van der Waals surface area contributed by atoms with Crippen LogP contribution in [0.2, 0.25) is 0 Å². The first-order valence-corrected chi connectivity index (χ1v) is 8.65. The van der Waals surface area contributed by atoms with Gasteiger partial charge in [-0.05, 0) is 24.3 Å². The largest absolute Gasteiger partial charge is 0.294 e. The maximum absolute atomic E-state index is 4.29. The van der Waals surface area contributed by atoms with Crippen LogP contribution in [-0.2, 0) is 20.1 Å². The third-order valence-corrected chi connectivity index (χ3v) is 5.75. The van der Waals surface area contributed by atoms with Crippen LogP contribution in [0.25, 0.3) is 0 Å². The van der Waals surface area contributed by atoms with E-state index in [1.807, 2.05) is 29.3 Å². The minimum atomic E-state index is 0.741. The zero-order chi connectivity index (χ0) is 14.2. The fourth-order valence-electron chi connectivity index (χ4n) is 3.95. The summed E-state index contributed by atoms with van der Waals surface area (Å²) in [6.07, 6.45) is 6.78. The molecule has 4 rings (SSSR count). The lowest BCUT2D eigenvalue weighted by molar-refractivity contribution is 0.213. The first kappa shape index (κ1) is 13.5. The fraction of sp³-hybridized carbons (Fsp3) is 0.562. The van der Waals surface area contributed by atoms with Gasteiger partial charge in [-0.1, -0.05) is 6.07 Å². The standard InChI is InChI=1S/C16H22N4S/c1-18-10-13(9-17-18)11-19-6-4-16-15(19)5-7-20(16)12-14-3-2-8-21-14/h2-3,8-10,15-16H,4-7,11-12H2,1H3/t15-,16+/m0/s1. The van der Waals surface area contributed by atoms with Crippen LogP contribution in [0.15, 0.2) is 29.9 Å². The summed E-state index contributed by atoms with van der Waals surface area (Å²) in [5, 5.41) is 6.48. The summed E-state index contributed by atoms with van der Waals surface area (Å²) in [6, 6.07) is 5.92. The highest BCUT2D eigenvalue weighted by Gasteiger charge is 2.42. The molecule has 0 aliphatic carbocycles. The maximum Gasteiger partial charge on any atom is 0.0534 e. The molecular formula is C16H22N4S. The highest BCUT2D eigenvalue weighted by Crippen LogP contribution is 2.33. The third kappa shape index (κ3) is 2.65. The second-order valence-corrected chi connectivity index (χ2v) is 7.29. The second kappa shape index (κ2) is 5.55. The SMILES string of the molecule is Cn1cc(CN2CC[C@@H]3[C@@H]2CCN3Cc2cccs2)cn1. The van der Waals surface area contributed by atoms with Crippen molar-refractivity contribution in [2.24, 2.45) is 7.05 Å². The van der Waals surface area contributed by atoms with Gasteiger partial charge in [-0.25, -0.2) is 0 Å².